The monoisotopic (exact) mass is 303 g/mol. The molecule has 0 amide bonds. The molecule has 0 aliphatic carbocycles. The van der Waals surface area contributed by atoms with Gasteiger partial charge in [-0.05, 0) is 36.7 Å². The fourth-order valence-corrected chi connectivity index (χ4v) is 2.32. The highest BCUT2D eigenvalue weighted by molar-refractivity contribution is 6.30. The number of halogens is 1. The van der Waals surface area contributed by atoms with E-state index in [0.29, 0.717) is 6.61 Å². The van der Waals surface area contributed by atoms with Crippen molar-refractivity contribution < 1.29 is 4.74 Å². The lowest BCUT2D eigenvalue weighted by molar-refractivity contribution is 0.0401. The van der Waals surface area contributed by atoms with Gasteiger partial charge in [0.2, 0.25) is 0 Å². The van der Waals surface area contributed by atoms with Crippen LogP contribution in [0.1, 0.15) is 29.7 Å². The molecule has 1 unspecified atom stereocenters. The summed E-state index contributed by atoms with van der Waals surface area (Å²) < 4.78 is 6.11. The number of rotatable bonds is 7. The average Bonchev–Trinajstić information content (AvgIpc) is 2.49. The van der Waals surface area contributed by atoms with Gasteiger partial charge in [-0.25, -0.2) is 0 Å². The van der Waals surface area contributed by atoms with E-state index in [1.54, 1.807) is 0 Å². The summed E-state index contributed by atoms with van der Waals surface area (Å²) in [6.07, 6.45) is 0.0560. The van der Waals surface area contributed by atoms with Gasteiger partial charge in [-0.2, -0.15) is 0 Å². The molecule has 0 aliphatic heterocycles. The van der Waals surface area contributed by atoms with E-state index < -0.39 is 0 Å². The summed E-state index contributed by atoms with van der Waals surface area (Å²) in [7, 11) is 0. The summed E-state index contributed by atoms with van der Waals surface area (Å²) in [5.74, 6) is 0. The lowest BCUT2D eigenvalue weighted by atomic mass is 10.1. The lowest BCUT2D eigenvalue weighted by Gasteiger charge is -2.19. The zero-order valence-electron chi connectivity index (χ0n) is 12.6. The molecule has 112 valence electrons. The molecule has 0 saturated carbocycles. The molecule has 0 aromatic heterocycles. The van der Waals surface area contributed by atoms with Gasteiger partial charge in [0.05, 0.1) is 12.7 Å². The van der Waals surface area contributed by atoms with Crippen molar-refractivity contribution >= 4 is 11.6 Å². The van der Waals surface area contributed by atoms with Crippen molar-refractivity contribution in [2.45, 2.75) is 26.6 Å². The third-order valence-corrected chi connectivity index (χ3v) is 3.61. The van der Waals surface area contributed by atoms with Gasteiger partial charge in [-0.15, -0.1) is 0 Å². The summed E-state index contributed by atoms with van der Waals surface area (Å²) in [4.78, 5) is 0. The fourth-order valence-electron chi connectivity index (χ4n) is 2.20. The first-order chi connectivity index (χ1) is 10.2. The number of ether oxygens (including phenoxy) is 1. The van der Waals surface area contributed by atoms with E-state index in [4.69, 9.17) is 16.3 Å². The Hall–Kier alpha value is -1.35. The molecule has 0 fully saturated rings. The molecule has 0 radical (unpaired) electrons. The molecule has 2 aromatic rings. The van der Waals surface area contributed by atoms with Crippen LogP contribution in [0, 0.1) is 6.92 Å². The standard InChI is InChI=1S/C18H22ClNO/c1-3-20-12-18(16-6-4-5-14(2)11-16)21-13-15-7-9-17(19)10-8-15/h4-11,18,20H,3,12-13H2,1-2H3. The second-order valence-corrected chi connectivity index (χ2v) is 5.58. The topological polar surface area (TPSA) is 21.3 Å². The highest BCUT2D eigenvalue weighted by Gasteiger charge is 2.12. The van der Waals surface area contributed by atoms with E-state index in [2.05, 4.69) is 43.4 Å². The summed E-state index contributed by atoms with van der Waals surface area (Å²) >= 11 is 5.91. The van der Waals surface area contributed by atoms with Crippen molar-refractivity contribution in [2.75, 3.05) is 13.1 Å². The maximum Gasteiger partial charge on any atom is 0.0953 e. The van der Waals surface area contributed by atoms with Gasteiger partial charge in [0.15, 0.2) is 0 Å². The van der Waals surface area contributed by atoms with E-state index in [1.165, 1.54) is 11.1 Å². The SMILES string of the molecule is CCNCC(OCc1ccc(Cl)cc1)c1cccc(C)c1. The molecule has 1 atom stereocenters. The Morgan fingerprint density at radius 1 is 1.14 bits per heavy atom. The van der Waals surface area contributed by atoms with E-state index in [-0.39, 0.29) is 6.10 Å². The first-order valence-corrected chi connectivity index (χ1v) is 7.70. The zero-order valence-corrected chi connectivity index (χ0v) is 13.4. The van der Waals surface area contributed by atoms with Crippen LogP contribution in [0.4, 0.5) is 0 Å². The van der Waals surface area contributed by atoms with Crippen LogP contribution in [0.5, 0.6) is 0 Å². The molecule has 2 aromatic carbocycles. The fraction of sp³-hybridized carbons (Fsp3) is 0.333. The van der Waals surface area contributed by atoms with Gasteiger partial charge in [0.25, 0.3) is 0 Å². The van der Waals surface area contributed by atoms with Crippen molar-refractivity contribution in [2.24, 2.45) is 0 Å². The highest BCUT2D eigenvalue weighted by atomic mass is 35.5. The third kappa shape index (κ3) is 5.16. The first-order valence-electron chi connectivity index (χ1n) is 7.32. The molecule has 0 spiro atoms. The molecule has 0 bridgehead atoms. The van der Waals surface area contributed by atoms with Crippen LogP contribution < -0.4 is 5.32 Å². The van der Waals surface area contributed by atoms with Gasteiger partial charge in [0, 0.05) is 11.6 Å². The minimum absolute atomic E-state index is 0.0560. The number of nitrogens with one attached hydrogen (secondary N) is 1. The predicted molar refractivity (Wildman–Crippen MR) is 88.7 cm³/mol. The van der Waals surface area contributed by atoms with Crippen molar-refractivity contribution in [3.05, 3.63) is 70.2 Å². The van der Waals surface area contributed by atoms with E-state index in [0.717, 1.165) is 23.7 Å². The molecular formula is C18H22ClNO. The smallest absolute Gasteiger partial charge is 0.0953 e. The van der Waals surface area contributed by atoms with Crippen LogP contribution in [0.3, 0.4) is 0 Å². The molecule has 1 N–H and O–H groups in total. The van der Waals surface area contributed by atoms with Gasteiger partial charge < -0.3 is 10.1 Å². The molecule has 2 nitrogen and oxygen atoms in total. The normalized spacial score (nSPS) is 12.3. The van der Waals surface area contributed by atoms with Crippen LogP contribution in [0.25, 0.3) is 0 Å². The Bertz CT molecular complexity index is 553. The average molecular weight is 304 g/mol. The van der Waals surface area contributed by atoms with Gasteiger partial charge in [0.1, 0.15) is 0 Å². The largest absolute Gasteiger partial charge is 0.368 e. The summed E-state index contributed by atoms with van der Waals surface area (Å²) in [6.45, 7) is 6.54. The molecule has 3 heteroatoms. The Kier molecular flexibility index (Phi) is 6.24. The van der Waals surface area contributed by atoms with Gasteiger partial charge in [-0.3, -0.25) is 0 Å². The minimum Gasteiger partial charge on any atom is -0.368 e. The molecule has 0 aliphatic rings. The Morgan fingerprint density at radius 3 is 2.57 bits per heavy atom. The van der Waals surface area contributed by atoms with Crippen LogP contribution >= 0.6 is 11.6 Å². The number of hydrogen-bond acceptors (Lipinski definition) is 2. The van der Waals surface area contributed by atoms with Crippen LogP contribution in [-0.2, 0) is 11.3 Å². The Balaban J connectivity index is 2.04. The summed E-state index contributed by atoms with van der Waals surface area (Å²) in [6, 6.07) is 16.3. The number of likely N-dealkylation sites (N-methyl/N-ethyl adjacent to an activating group) is 1. The number of benzene rings is 2. The Morgan fingerprint density at radius 2 is 1.90 bits per heavy atom. The van der Waals surface area contributed by atoms with E-state index in [1.807, 2.05) is 24.3 Å². The quantitative estimate of drug-likeness (QED) is 0.812. The van der Waals surface area contributed by atoms with E-state index in [9.17, 15) is 0 Å². The molecule has 0 heterocycles. The van der Waals surface area contributed by atoms with Crippen molar-refractivity contribution in [3.63, 3.8) is 0 Å². The molecule has 2 rings (SSSR count). The summed E-state index contributed by atoms with van der Waals surface area (Å²) in [5, 5.41) is 4.12. The maximum atomic E-state index is 6.11. The summed E-state index contributed by atoms with van der Waals surface area (Å²) in [5.41, 5.74) is 3.60. The second kappa shape index (κ2) is 8.18. The third-order valence-electron chi connectivity index (χ3n) is 3.36. The second-order valence-electron chi connectivity index (χ2n) is 5.15. The van der Waals surface area contributed by atoms with Crippen LogP contribution in [-0.4, -0.2) is 13.1 Å². The molecule has 0 saturated heterocycles. The van der Waals surface area contributed by atoms with Gasteiger partial charge >= 0.3 is 0 Å². The predicted octanol–water partition coefficient (Wildman–Crippen LogP) is 4.52. The molecule has 21 heavy (non-hydrogen) atoms. The maximum absolute atomic E-state index is 6.11. The number of hydrogen-bond donors (Lipinski definition) is 1. The lowest BCUT2D eigenvalue weighted by Crippen LogP contribution is -2.23. The molecular weight excluding hydrogens is 282 g/mol. The van der Waals surface area contributed by atoms with E-state index >= 15 is 0 Å². The van der Waals surface area contributed by atoms with Crippen LogP contribution in [0.2, 0.25) is 5.02 Å². The first kappa shape index (κ1) is 16.0. The minimum atomic E-state index is 0.0560. The van der Waals surface area contributed by atoms with Crippen molar-refractivity contribution in [1.82, 2.24) is 5.32 Å². The van der Waals surface area contributed by atoms with Crippen molar-refractivity contribution in [3.8, 4) is 0 Å². The Labute approximate surface area is 132 Å². The van der Waals surface area contributed by atoms with Crippen molar-refractivity contribution in [1.29, 1.82) is 0 Å². The highest BCUT2D eigenvalue weighted by Crippen LogP contribution is 2.20. The zero-order chi connectivity index (χ0) is 15.1. The van der Waals surface area contributed by atoms with Crippen LogP contribution in [0.15, 0.2) is 48.5 Å². The number of aryl methyl sites for hydroxylation is 1. The van der Waals surface area contributed by atoms with Gasteiger partial charge in [-0.1, -0.05) is 60.5 Å².